The number of rotatable bonds is 3. The van der Waals surface area contributed by atoms with E-state index in [4.69, 9.17) is 15.0 Å². The molecule has 6 nitrogen and oxygen atoms in total. The highest BCUT2D eigenvalue weighted by molar-refractivity contribution is 5.86. The minimum absolute atomic E-state index is 0.817. The maximum atomic E-state index is 4.89. The Kier molecular flexibility index (Phi) is 4.39. The van der Waals surface area contributed by atoms with Gasteiger partial charge < -0.3 is 15.0 Å². The van der Waals surface area contributed by atoms with Gasteiger partial charge in [0.15, 0.2) is 0 Å². The van der Waals surface area contributed by atoms with E-state index in [1.54, 1.807) is 0 Å². The number of nitrogens with one attached hydrogen (secondary N) is 3. The number of nitrogens with zero attached hydrogens (tertiary/aromatic N) is 3. The molecule has 3 N–H and O–H groups in total. The third-order valence-corrected chi connectivity index (χ3v) is 6.67. The lowest BCUT2D eigenvalue weighted by atomic mass is 10.0. The van der Waals surface area contributed by atoms with Gasteiger partial charge in [-0.1, -0.05) is 18.2 Å². The first-order valence-electron chi connectivity index (χ1n) is 12.0. The molecule has 0 saturated carbocycles. The first-order chi connectivity index (χ1) is 17.5. The minimum atomic E-state index is 0.817. The molecule has 6 heteroatoms. The molecule has 0 atom stereocenters. The number of aromatic amines is 3. The molecular weight excluding hydrogens is 444 g/mol. The molecule has 0 aliphatic rings. The summed E-state index contributed by atoms with van der Waals surface area (Å²) in [6, 6.07) is 25.2. The lowest BCUT2D eigenvalue weighted by molar-refractivity contribution is 1.29. The van der Waals surface area contributed by atoms with Crippen LogP contribution in [0.2, 0.25) is 0 Å². The average molecular weight is 469 g/mol. The van der Waals surface area contributed by atoms with Crippen molar-refractivity contribution in [1.29, 1.82) is 0 Å². The standard InChI is InChI=1S/C30H24N6/c1-16-4-7-22-25(10-16)34-28(31-22)19-13-20(29-32-23-8-5-17(2)11-26(23)35-29)15-21(14-19)30-33-24-9-6-18(3)12-27(24)36-30/h4-15H,1-3H3,(H,31,34)(H,32,35)(H,33,36). The van der Waals surface area contributed by atoms with E-state index in [2.05, 4.69) is 109 Å². The summed E-state index contributed by atoms with van der Waals surface area (Å²) in [5, 5.41) is 0. The summed E-state index contributed by atoms with van der Waals surface area (Å²) in [5.41, 5.74) is 12.4. The molecule has 3 aromatic heterocycles. The normalized spacial score (nSPS) is 11.8. The van der Waals surface area contributed by atoms with E-state index < -0.39 is 0 Å². The Morgan fingerprint density at radius 3 is 1.03 bits per heavy atom. The van der Waals surface area contributed by atoms with Crippen molar-refractivity contribution in [2.75, 3.05) is 0 Å². The van der Waals surface area contributed by atoms with Crippen molar-refractivity contribution in [2.24, 2.45) is 0 Å². The SMILES string of the molecule is Cc1ccc2nc(-c3cc(-c4nc5ccc(C)cc5[nH]4)cc(-c4nc5ccc(C)cc5[nH]4)c3)[nH]c2c1. The van der Waals surface area contributed by atoms with E-state index in [0.717, 1.165) is 67.3 Å². The number of aryl methyl sites for hydroxylation is 3. The van der Waals surface area contributed by atoms with Gasteiger partial charge in [-0.2, -0.15) is 0 Å². The Hall–Kier alpha value is -4.71. The summed E-state index contributed by atoms with van der Waals surface area (Å²) in [5.74, 6) is 2.45. The van der Waals surface area contributed by atoms with Crippen LogP contribution < -0.4 is 0 Å². The topological polar surface area (TPSA) is 86.0 Å². The fraction of sp³-hybridized carbons (Fsp3) is 0.100. The second-order valence-corrected chi connectivity index (χ2v) is 9.62. The van der Waals surface area contributed by atoms with E-state index in [9.17, 15) is 0 Å². The summed E-state index contributed by atoms with van der Waals surface area (Å²) in [6.07, 6.45) is 0. The van der Waals surface area contributed by atoms with Crippen LogP contribution in [0.1, 0.15) is 16.7 Å². The van der Waals surface area contributed by atoms with Gasteiger partial charge in [0.1, 0.15) is 17.5 Å². The summed E-state index contributed by atoms with van der Waals surface area (Å²) >= 11 is 0. The van der Waals surface area contributed by atoms with Crippen LogP contribution in [0.15, 0.2) is 72.8 Å². The van der Waals surface area contributed by atoms with E-state index in [0.29, 0.717) is 0 Å². The second-order valence-electron chi connectivity index (χ2n) is 9.62. The molecule has 0 aliphatic carbocycles. The van der Waals surface area contributed by atoms with Crippen LogP contribution in [-0.2, 0) is 0 Å². The molecule has 0 saturated heterocycles. The number of benzene rings is 4. The average Bonchev–Trinajstić information content (AvgIpc) is 3.59. The monoisotopic (exact) mass is 468 g/mol. The molecule has 3 heterocycles. The Labute approximate surface area is 207 Å². The van der Waals surface area contributed by atoms with Gasteiger partial charge >= 0.3 is 0 Å². The van der Waals surface area contributed by atoms with Crippen molar-refractivity contribution >= 4 is 33.1 Å². The first-order valence-corrected chi connectivity index (χ1v) is 12.0. The van der Waals surface area contributed by atoms with Crippen LogP contribution in [0, 0.1) is 20.8 Å². The number of imidazole rings is 3. The van der Waals surface area contributed by atoms with E-state index in [-0.39, 0.29) is 0 Å². The number of aromatic nitrogens is 6. The zero-order chi connectivity index (χ0) is 24.4. The molecular formula is C30H24N6. The number of hydrogen-bond acceptors (Lipinski definition) is 3. The highest BCUT2D eigenvalue weighted by Gasteiger charge is 2.15. The van der Waals surface area contributed by atoms with E-state index in [1.807, 2.05) is 0 Å². The highest BCUT2D eigenvalue weighted by atomic mass is 14.9. The number of hydrogen-bond donors (Lipinski definition) is 3. The summed E-state index contributed by atoms with van der Waals surface area (Å²) in [6.45, 7) is 6.27. The lowest BCUT2D eigenvalue weighted by Gasteiger charge is -2.06. The zero-order valence-corrected chi connectivity index (χ0v) is 20.3. The van der Waals surface area contributed by atoms with Crippen molar-refractivity contribution in [3.63, 3.8) is 0 Å². The molecule has 0 radical (unpaired) electrons. The predicted octanol–water partition coefficient (Wildman–Crippen LogP) is 7.24. The Bertz CT molecular complexity index is 1700. The van der Waals surface area contributed by atoms with Gasteiger partial charge in [-0.25, -0.2) is 15.0 Å². The van der Waals surface area contributed by atoms with Crippen molar-refractivity contribution in [3.05, 3.63) is 89.5 Å². The van der Waals surface area contributed by atoms with Gasteiger partial charge in [-0.15, -0.1) is 0 Å². The van der Waals surface area contributed by atoms with Gasteiger partial charge in [-0.05, 0) is 92.1 Å². The van der Waals surface area contributed by atoms with E-state index in [1.165, 1.54) is 16.7 Å². The van der Waals surface area contributed by atoms with Crippen LogP contribution in [0.4, 0.5) is 0 Å². The molecule has 36 heavy (non-hydrogen) atoms. The molecule has 0 unspecified atom stereocenters. The number of fused-ring (bicyclic) bond motifs is 3. The molecule has 4 aromatic carbocycles. The van der Waals surface area contributed by atoms with Gasteiger partial charge in [0.25, 0.3) is 0 Å². The van der Waals surface area contributed by atoms with Gasteiger partial charge in [0.2, 0.25) is 0 Å². The molecule has 0 bridgehead atoms. The lowest BCUT2D eigenvalue weighted by Crippen LogP contribution is -1.89. The fourth-order valence-corrected chi connectivity index (χ4v) is 4.82. The molecule has 0 aliphatic heterocycles. The maximum absolute atomic E-state index is 4.89. The third kappa shape index (κ3) is 3.46. The fourth-order valence-electron chi connectivity index (χ4n) is 4.82. The quantitative estimate of drug-likeness (QED) is 0.255. The zero-order valence-electron chi connectivity index (χ0n) is 20.3. The smallest absolute Gasteiger partial charge is 0.138 e. The van der Waals surface area contributed by atoms with Gasteiger partial charge in [-0.3, -0.25) is 0 Å². The van der Waals surface area contributed by atoms with Crippen LogP contribution in [0.3, 0.4) is 0 Å². The molecule has 0 amide bonds. The Morgan fingerprint density at radius 2 is 0.722 bits per heavy atom. The molecule has 0 spiro atoms. The summed E-state index contributed by atoms with van der Waals surface area (Å²) < 4.78 is 0. The highest BCUT2D eigenvalue weighted by Crippen LogP contribution is 2.32. The summed E-state index contributed by atoms with van der Waals surface area (Å²) in [7, 11) is 0. The van der Waals surface area contributed by atoms with Gasteiger partial charge in [0.05, 0.1) is 33.1 Å². The number of H-pyrrole nitrogens is 3. The molecule has 0 fully saturated rings. The van der Waals surface area contributed by atoms with Crippen LogP contribution in [0.5, 0.6) is 0 Å². The minimum Gasteiger partial charge on any atom is -0.338 e. The van der Waals surface area contributed by atoms with Crippen molar-refractivity contribution < 1.29 is 0 Å². The largest absolute Gasteiger partial charge is 0.338 e. The van der Waals surface area contributed by atoms with Crippen LogP contribution >= 0.6 is 0 Å². The maximum Gasteiger partial charge on any atom is 0.138 e. The summed E-state index contributed by atoms with van der Waals surface area (Å²) in [4.78, 5) is 25.2. The molecule has 174 valence electrons. The van der Waals surface area contributed by atoms with Crippen LogP contribution in [0.25, 0.3) is 67.3 Å². The van der Waals surface area contributed by atoms with E-state index >= 15 is 0 Å². The Balaban J connectivity index is 1.44. The molecule has 7 aromatic rings. The van der Waals surface area contributed by atoms with Gasteiger partial charge in [0, 0.05) is 16.7 Å². The van der Waals surface area contributed by atoms with Crippen LogP contribution in [-0.4, -0.2) is 29.9 Å². The van der Waals surface area contributed by atoms with Crippen molar-refractivity contribution in [1.82, 2.24) is 29.9 Å². The van der Waals surface area contributed by atoms with Crippen molar-refractivity contribution in [3.8, 4) is 34.2 Å². The first kappa shape index (κ1) is 20.6. The molecule has 7 rings (SSSR count). The third-order valence-electron chi connectivity index (χ3n) is 6.67. The Morgan fingerprint density at radius 1 is 0.417 bits per heavy atom. The predicted molar refractivity (Wildman–Crippen MR) is 146 cm³/mol. The van der Waals surface area contributed by atoms with Crippen molar-refractivity contribution in [2.45, 2.75) is 20.8 Å². The second kappa shape index (κ2) is 7.65.